The number of hydrogen-bond donors (Lipinski definition) is 1. The second kappa shape index (κ2) is 4.64. The number of anilines is 1. The molecule has 0 aliphatic carbocycles. The molecule has 1 saturated heterocycles. The standard InChI is InChI=1S/C18H19NO/c1-12-6-5-9-14-16(12)19-17(13-7-3-2-4-8-13)15-10-11-20-18(14)15/h2-9,15,17-19H,10-11H2,1H3/t15-,17-,18-/m1/s1. The van der Waals surface area contributed by atoms with Crippen LogP contribution >= 0.6 is 0 Å². The molecule has 2 nitrogen and oxygen atoms in total. The zero-order valence-electron chi connectivity index (χ0n) is 11.7. The van der Waals surface area contributed by atoms with Gasteiger partial charge in [-0.05, 0) is 24.5 Å². The summed E-state index contributed by atoms with van der Waals surface area (Å²) in [6.07, 6.45) is 1.38. The first-order valence-corrected chi connectivity index (χ1v) is 7.37. The van der Waals surface area contributed by atoms with Gasteiger partial charge in [-0.15, -0.1) is 0 Å². The highest BCUT2D eigenvalue weighted by atomic mass is 16.5. The molecule has 0 unspecified atom stereocenters. The van der Waals surface area contributed by atoms with E-state index in [-0.39, 0.29) is 6.10 Å². The molecule has 2 aromatic rings. The molecule has 1 N–H and O–H groups in total. The van der Waals surface area contributed by atoms with Gasteiger partial charge < -0.3 is 10.1 Å². The lowest BCUT2D eigenvalue weighted by atomic mass is 9.80. The van der Waals surface area contributed by atoms with E-state index in [0.717, 1.165) is 13.0 Å². The van der Waals surface area contributed by atoms with Crippen molar-refractivity contribution in [1.29, 1.82) is 0 Å². The van der Waals surface area contributed by atoms with Crippen molar-refractivity contribution in [2.75, 3.05) is 11.9 Å². The molecule has 0 radical (unpaired) electrons. The van der Waals surface area contributed by atoms with Gasteiger partial charge in [0.25, 0.3) is 0 Å². The summed E-state index contributed by atoms with van der Waals surface area (Å²) in [5.41, 5.74) is 5.27. The number of benzene rings is 2. The Bertz CT molecular complexity index is 623. The van der Waals surface area contributed by atoms with Gasteiger partial charge in [0.05, 0.1) is 12.1 Å². The molecule has 0 saturated carbocycles. The number of hydrogen-bond acceptors (Lipinski definition) is 2. The van der Waals surface area contributed by atoms with Crippen LogP contribution in [0.3, 0.4) is 0 Å². The van der Waals surface area contributed by atoms with Gasteiger partial charge in [-0.3, -0.25) is 0 Å². The van der Waals surface area contributed by atoms with E-state index in [0.29, 0.717) is 12.0 Å². The second-order valence-corrected chi connectivity index (χ2v) is 5.82. The van der Waals surface area contributed by atoms with Crippen LogP contribution in [-0.4, -0.2) is 6.61 Å². The Hall–Kier alpha value is -1.80. The summed E-state index contributed by atoms with van der Waals surface area (Å²) in [5, 5.41) is 3.77. The fourth-order valence-electron chi connectivity index (χ4n) is 3.65. The maximum atomic E-state index is 6.05. The highest BCUT2D eigenvalue weighted by Gasteiger charge is 2.41. The molecule has 2 heterocycles. The fraction of sp³-hybridized carbons (Fsp3) is 0.333. The van der Waals surface area contributed by atoms with Gasteiger partial charge in [-0.25, -0.2) is 0 Å². The van der Waals surface area contributed by atoms with Crippen LogP contribution < -0.4 is 5.32 Å². The fourth-order valence-corrected chi connectivity index (χ4v) is 3.65. The average Bonchev–Trinajstić information content (AvgIpc) is 2.97. The van der Waals surface area contributed by atoms with Crippen LogP contribution in [0.15, 0.2) is 48.5 Å². The Labute approximate surface area is 119 Å². The maximum Gasteiger partial charge on any atom is 0.0896 e. The highest BCUT2D eigenvalue weighted by molar-refractivity contribution is 5.62. The van der Waals surface area contributed by atoms with E-state index >= 15 is 0 Å². The number of ether oxygens (including phenoxy) is 1. The third-order valence-electron chi connectivity index (χ3n) is 4.64. The van der Waals surface area contributed by atoms with Crippen molar-refractivity contribution < 1.29 is 4.74 Å². The molecule has 4 rings (SSSR count). The number of fused-ring (bicyclic) bond motifs is 3. The normalized spacial score (nSPS) is 27.6. The highest BCUT2D eigenvalue weighted by Crippen LogP contribution is 2.50. The van der Waals surface area contributed by atoms with Crippen LogP contribution in [0.4, 0.5) is 5.69 Å². The largest absolute Gasteiger partial charge is 0.377 e. The molecule has 102 valence electrons. The lowest BCUT2D eigenvalue weighted by Gasteiger charge is -2.37. The summed E-state index contributed by atoms with van der Waals surface area (Å²) in [4.78, 5) is 0. The minimum atomic E-state index is 0.247. The monoisotopic (exact) mass is 265 g/mol. The van der Waals surface area contributed by atoms with Crippen molar-refractivity contribution >= 4 is 5.69 Å². The zero-order valence-corrected chi connectivity index (χ0v) is 11.7. The summed E-state index contributed by atoms with van der Waals surface area (Å²) in [6.45, 7) is 3.04. The van der Waals surface area contributed by atoms with E-state index in [9.17, 15) is 0 Å². The molecular formula is C18H19NO. The van der Waals surface area contributed by atoms with E-state index in [4.69, 9.17) is 4.74 Å². The predicted molar refractivity (Wildman–Crippen MR) is 80.8 cm³/mol. The molecule has 20 heavy (non-hydrogen) atoms. The van der Waals surface area contributed by atoms with Crippen molar-refractivity contribution in [3.63, 3.8) is 0 Å². The molecule has 0 bridgehead atoms. The molecular weight excluding hydrogens is 246 g/mol. The maximum absolute atomic E-state index is 6.05. The molecule has 2 aliphatic heterocycles. The topological polar surface area (TPSA) is 21.3 Å². The van der Waals surface area contributed by atoms with Crippen LogP contribution in [-0.2, 0) is 4.74 Å². The van der Waals surface area contributed by atoms with Gasteiger partial charge in [0.15, 0.2) is 0 Å². The van der Waals surface area contributed by atoms with Crippen LogP contribution in [0.1, 0.15) is 35.3 Å². The lowest BCUT2D eigenvalue weighted by molar-refractivity contribution is 0.0828. The van der Waals surface area contributed by atoms with Gasteiger partial charge in [0.2, 0.25) is 0 Å². The Balaban J connectivity index is 1.82. The van der Waals surface area contributed by atoms with E-state index in [1.807, 2.05) is 0 Å². The first kappa shape index (κ1) is 12.0. The van der Waals surface area contributed by atoms with Gasteiger partial charge in [0, 0.05) is 23.8 Å². The first-order valence-electron chi connectivity index (χ1n) is 7.37. The second-order valence-electron chi connectivity index (χ2n) is 5.82. The SMILES string of the molecule is Cc1cccc2c1N[C@H](c1ccccc1)[C@H]1CCO[C@H]21. The van der Waals surface area contributed by atoms with Crippen LogP contribution in [0.2, 0.25) is 0 Å². The molecule has 0 amide bonds. The van der Waals surface area contributed by atoms with Crippen LogP contribution in [0.25, 0.3) is 0 Å². The molecule has 3 atom stereocenters. The predicted octanol–water partition coefficient (Wildman–Crippen LogP) is 4.24. The van der Waals surface area contributed by atoms with Crippen LogP contribution in [0, 0.1) is 12.8 Å². The number of nitrogens with one attached hydrogen (secondary N) is 1. The van der Waals surface area contributed by atoms with E-state index in [1.54, 1.807) is 0 Å². The summed E-state index contributed by atoms with van der Waals surface area (Å²) < 4.78 is 6.05. The third kappa shape index (κ3) is 1.75. The van der Waals surface area contributed by atoms with Crippen molar-refractivity contribution in [1.82, 2.24) is 0 Å². The minimum absolute atomic E-state index is 0.247. The Morgan fingerprint density at radius 3 is 2.75 bits per heavy atom. The van der Waals surface area contributed by atoms with E-state index in [2.05, 4.69) is 60.8 Å². The summed E-state index contributed by atoms with van der Waals surface area (Å²) >= 11 is 0. The smallest absolute Gasteiger partial charge is 0.0896 e. The lowest BCUT2D eigenvalue weighted by Crippen LogP contribution is -2.29. The molecule has 2 aliphatic rings. The zero-order chi connectivity index (χ0) is 13.5. The quantitative estimate of drug-likeness (QED) is 0.832. The van der Waals surface area contributed by atoms with Crippen molar-refractivity contribution in [3.8, 4) is 0 Å². The minimum Gasteiger partial charge on any atom is -0.377 e. The number of aryl methyl sites for hydroxylation is 1. The average molecular weight is 265 g/mol. The van der Waals surface area contributed by atoms with Gasteiger partial charge in [0.1, 0.15) is 0 Å². The van der Waals surface area contributed by atoms with Crippen molar-refractivity contribution in [2.45, 2.75) is 25.5 Å². The summed E-state index contributed by atoms with van der Waals surface area (Å²) in [5.74, 6) is 0.534. The van der Waals surface area contributed by atoms with Gasteiger partial charge in [-0.2, -0.15) is 0 Å². The van der Waals surface area contributed by atoms with Crippen LogP contribution in [0.5, 0.6) is 0 Å². The first-order chi connectivity index (χ1) is 9.84. The summed E-state index contributed by atoms with van der Waals surface area (Å²) in [7, 11) is 0. The van der Waals surface area contributed by atoms with Crippen molar-refractivity contribution in [2.24, 2.45) is 5.92 Å². The van der Waals surface area contributed by atoms with E-state index in [1.165, 1.54) is 22.4 Å². The molecule has 0 aromatic heterocycles. The molecule has 0 spiro atoms. The van der Waals surface area contributed by atoms with Gasteiger partial charge in [-0.1, -0.05) is 48.5 Å². The number of rotatable bonds is 1. The number of para-hydroxylation sites is 1. The molecule has 1 fully saturated rings. The van der Waals surface area contributed by atoms with E-state index < -0.39 is 0 Å². The Kier molecular flexibility index (Phi) is 2.78. The molecule has 2 heteroatoms. The molecule has 2 aromatic carbocycles. The summed E-state index contributed by atoms with van der Waals surface area (Å²) in [6, 6.07) is 17.6. The van der Waals surface area contributed by atoms with Crippen molar-refractivity contribution in [3.05, 3.63) is 65.2 Å². The third-order valence-corrected chi connectivity index (χ3v) is 4.64. The Morgan fingerprint density at radius 1 is 1.05 bits per heavy atom. The Morgan fingerprint density at radius 2 is 1.90 bits per heavy atom. The van der Waals surface area contributed by atoms with Gasteiger partial charge >= 0.3 is 0 Å².